The van der Waals surface area contributed by atoms with Gasteiger partial charge in [-0.2, -0.15) is 0 Å². The zero-order valence-electron chi connectivity index (χ0n) is 9.40. The molecule has 96 valence electrons. The summed E-state index contributed by atoms with van der Waals surface area (Å²) in [6.07, 6.45) is 1.07. The topological polar surface area (TPSA) is 57.6 Å². The van der Waals surface area contributed by atoms with Crippen LogP contribution in [-0.2, 0) is 4.79 Å². The Bertz CT molecular complexity index is 506. The second-order valence-corrected chi connectivity index (χ2v) is 4.53. The maximum Gasteiger partial charge on any atom is 0.326 e. The molecule has 1 aliphatic heterocycles. The summed E-state index contributed by atoms with van der Waals surface area (Å²) in [7, 11) is 0. The average Bonchev–Trinajstić information content (AvgIpc) is 2.77. The summed E-state index contributed by atoms with van der Waals surface area (Å²) in [5, 5.41) is 9.00. The number of benzene rings is 1. The quantitative estimate of drug-likeness (QED) is 0.897. The molecular weight excluding hydrogens is 261 g/mol. The molecule has 18 heavy (non-hydrogen) atoms. The van der Waals surface area contributed by atoms with Gasteiger partial charge in [0.2, 0.25) is 0 Å². The van der Waals surface area contributed by atoms with Crippen LogP contribution >= 0.6 is 11.6 Å². The van der Waals surface area contributed by atoms with Gasteiger partial charge >= 0.3 is 5.97 Å². The molecule has 4 nitrogen and oxygen atoms in total. The molecule has 0 saturated carbocycles. The van der Waals surface area contributed by atoms with Gasteiger partial charge in [-0.15, -0.1) is 0 Å². The summed E-state index contributed by atoms with van der Waals surface area (Å²) in [5.41, 5.74) is 0.131. The maximum absolute atomic E-state index is 12.9. The number of aliphatic carboxylic acids is 1. The van der Waals surface area contributed by atoms with Gasteiger partial charge in [-0.05, 0) is 31.0 Å². The molecule has 6 heteroatoms. The van der Waals surface area contributed by atoms with Crippen LogP contribution in [0.25, 0.3) is 0 Å². The Balaban J connectivity index is 2.28. The van der Waals surface area contributed by atoms with Crippen molar-refractivity contribution in [1.29, 1.82) is 0 Å². The summed E-state index contributed by atoms with van der Waals surface area (Å²) in [5.74, 6) is -2.03. The van der Waals surface area contributed by atoms with E-state index in [0.717, 1.165) is 12.1 Å². The minimum absolute atomic E-state index is 0.00367. The first kappa shape index (κ1) is 12.8. The highest BCUT2D eigenvalue weighted by Crippen LogP contribution is 2.24. The molecule has 1 atom stereocenters. The SMILES string of the molecule is O=C(O)C1CCCN1C(=O)c1ccc(F)cc1Cl. The molecule has 1 aliphatic rings. The summed E-state index contributed by atoms with van der Waals surface area (Å²) in [6.45, 7) is 0.378. The van der Waals surface area contributed by atoms with Crippen LogP contribution in [0.2, 0.25) is 5.02 Å². The molecule has 0 spiro atoms. The van der Waals surface area contributed by atoms with Gasteiger partial charge in [-0.1, -0.05) is 11.6 Å². The van der Waals surface area contributed by atoms with Crippen molar-refractivity contribution < 1.29 is 19.1 Å². The molecule has 1 aromatic rings. The van der Waals surface area contributed by atoms with Crippen LogP contribution < -0.4 is 0 Å². The Kier molecular flexibility index (Phi) is 3.52. The van der Waals surface area contributed by atoms with E-state index in [1.807, 2.05) is 0 Å². The van der Waals surface area contributed by atoms with E-state index in [1.165, 1.54) is 11.0 Å². The Hall–Kier alpha value is -1.62. The minimum Gasteiger partial charge on any atom is -0.480 e. The molecule has 1 unspecified atom stereocenters. The first-order valence-electron chi connectivity index (χ1n) is 5.49. The number of carbonyl (C=O) groups is 2. The standard InChI is InChI=1S/C12H11ClFNO3/c13-9-6-7(14)3-4-8(9)11(16)15-5-1-2-10(15)12(17)18/h3-4,6,10H,1-2,5H2,(H,17,18). The first-order chi connectivity index (χ1) is 8.50. The molecule has 0 aromatic heterocycles. The smallest absolute Gasteiger partial charge is 0.326 e. The number of carbonyl (C=O) groups excluding carboxylic acids is 1. The average molecular weight is 272 g/mol. The monoisotopic (exact) mass is 271 g/mol. The largest absolute Gasteiger partial charge is 0.480 e. The number of carboxylic acid groups (broad SMARTS) is 1. The highest BCUT2D eigenvalue weighted by molar-refractivity contribution is 6.33. The van der Waals surface area contributed by atoms with Gasteiger partial charge in [-0.3, -0.25) is 4.79 Å². The van der Waals surface area contributed by atoms with E-state index in [4.69, 9.17) is 16.7 Å². The van der Waals surface area contributed by atoms with Crippen LogP contribution in [0, 0.1) is 5.82 Å². The highest BCUT2D eigenvalue weighted by Gasteiger charge is 2.35. The second kappa shape index (κ2) is 4.94. The van der Waals surface area contributed by atoms with Gasteiger partial charge in [0.1, 0.15) is 11.9 Å². The van der Waals surface area contributed by atoms with E-state index < -0.39 is 23.7 Å². The maximum atomic E-state index is 12.9. The van der Waals surface area contributed by atoms with Gasteiger partial charge in [0.25, 0.3) is 5.91 Å². The van der Waals surface area contributed by atoms with Crippen molar-refractivity contribution >= 4 is 23.5 Å². The third-order valence-corrected chi connectivity index (χ3v) is 3.27. The van der Waals surface area contributed by atoms with E-state index >= 15 is 0 Å². The molecular formula is C12H11ClFNO3. The minimum atomic E-state index is -1.03. The van der Waals surface area contributed by atoms with E-state index in [2.05, 4.69) is 0 Å². The lowest BCUT2D eigenvalue weighted by molar-refractivity contribution is -0.141. The number of halogens is 2. The summed E-state index contributed by atoms with van der Waals surface area (Å²) in [4.78, 5) is 24.4. The summed E-state index contributed by atoms with van der Waals surface area (Å²) >= 11 is 5.80. The molecule has 0 radical (unpaired) electrons. The molecule has 1 N–H and O–H groups in total. The first-order valence-corrected chi connectivity index (χ1v) is 5.87. The molecule has 1 saturated heterocycles. The van der Waals surface area contributed by atoms with E-state index in [-0.39, 0.29) is 10.6 Å². The number of amides is 1. The van der Waals surface area contributed by atoms with Crippen LogP contribution in [0.15, 0.2) is 18.2 Å². The molecule has 1 fully saturated rings. The van der Waals surface area contributed by atoms with Crippen molar-refractivity contribution in [3.05, 3.63) is 34.6 Å². The van der Waals surface area contributed by atoms with Gasteiger partial charge in [0.05, 0.1) is 10.6 Å². The molecule has 0 bridgehead atoms. The van der Waals surface area contributed by atoms with Gasteiger partial charge < -0.3 is 10.0 Å². The number of rotatable bonds is 2. The second-order valence-electron chi connectivity index (χ2n) is 4.12. The number of nitrogens with zero attached hydrogens (tertiary/aromatic N) is 1. The molecule has 0 aliphatic carbocycles. The third-order valence-electron chi connectivity index (χ3n) is 2.96. The van der Waals surface area contributed by atoms with Crippen LogP contribution in [0.3, 0.4) is 0 Å². The fourth-order valence-electron chi connectivity index (χ4n) is 2.08. The highest BCUT2D eigenvalue weighted by atomic mass is 35.5. The Morgan fingerprint density at radius 1 is 1.44 bits per heavy atom. The summed E-state index contributed by atoms with van der Waals surface area (Å²) < 4.78 is 12.9. The van der Waals surface area contributed by atoms with Gasteiger partial charge in [0, 0.05) is 6.54 Å². The molecule has 1 amide bonds. The Morgan fingerprint density at radius 3 is 2.78 bits per heavy atom. The fraction of sp³-hybridized carbons (Fsp3) is 0.333. The van der Waals surface area contributed by atoms with Crippen molar-refractivity contribution in [2.24, 2.45) is 0 Å². The Labute approximate surface area is 108 Å². The van der Waals surface area contributed by atoms with Gasteiger partial charge in [-0.25, -0.2) is 9.18 Å². The normalized spacial score (nSPS) is 19.0. The van der Waals surface area contributed by atoms with Crippen LogP contribution in [0.1, 0.15) is 23.2 Å². The number of carboxylic acids is 1. The predicted molar refractivity (Wildman–Crippen MR) is 63.1 cm³/mol. The summed E-state index contributed by atoms with van der Waals surface area (Å²) in [6, 6.07) is 2.63. The lowest BCUT2D eigenvalue weighted by atomic mass is 10.1. The lowest BCUT2D eigenvalue weighted by Gasteiger charge is -2.21. The van der Waals surface area contributed by atoms with Crippen molar-refractivity contribution in [1.82, 2.24) is 4.90 Å². The Morgan fingerprint density at radius 2 is 2.17 bits per heavy atom. The van der Waals surface area contributed by atoms with Crippen LogP contribution in [0.4, 0.5) is 4.39 Å². The van der Waals surface area contributed by atoms with Crippen molar-refractivity contribution in [3.8, 4) is 0 Å². The van der Waals surface area contributed by atoms with E-state index in [9.17, 15) is 14.0 Å². The zero-order chi connectivity index (χ0) is 13.3. The predicted octanol–water partition coefficient (Wildman–Crippen LogP) is 2.17. The van der Waals surface area contributed by atoms with E-state index in [1.54, 1.807) is 0 Å². The third kappa shape index (κ3) is 2.31. The van der Waals surface area contributed by atoms with Gasteiger partial charge in [0.15, 0.2) is 0 Å². The van der Waals surface area contributed by atoms with Crippen molar-refractivity contribution in [3.63, 3.8) is 0 Å². The number of hydrogen-bond donors (Lipinski definition) is 1. The number of hydrogen-bond acceptors (Lipinski definition) is 2. The van der Waals surface area contributed by atoms with Crippen molar-refractivity contribution in [2.45, 2.75) is 18.9 Å². The molecule has 2 rings (SSSR count). The van der Waals surface area contributed by atoms with Crippen molar-refractivity contribution in [2.75, 3.05) is 6.54 Å². The molecule has 1 aromatic carbocycles. The zero-order valence-corrected chi connectivity index (χ0v) is 10.2. The fourth-order valence-corrected chi connectivity index (χ4v) is 2.33. The number of likely N-dealkylation sites (tertiary alicyclic amines) is 1. The van der Waals surface area contributed by atoms with Crippen LogP contribution in [0.5, 0.6) is 0 Å². The van der Waals surface area contributed by atoms with E-state index in [0.29, 0.717) is 19.4 Å². The van der Waals surface area contributed by atoms with Crippen LogP contribution in [-0.4, -0.2) is 34.5 Å². The lowest BCUT2D eigenvalue weighted by Crippen LogP contribution is -2.40. The molecule has 1 heterocycles.